The Morgan fingerprint density at radius 2 is 2.00 bits per heavy atom. The third-order valence-electron chi connectivity index (χ3n) is 4.30. The van der Waals surface area contributed by atoms with Crippen molar-refractivity contribution < 1.29 is 24.0 Å². The first-order valence-electron chi connectivity index (χ1n) is 7.45. The number of benzene rings is 1. The molecule has 2 fully saturated rings. The Bertz CT molecular complexity index is 734. The molecule has 3 rings (SSSR count). The number of imide groups is 1. The zero-order valence-corrected chi connectivity index (χ0v) is 12.7. The Balaban J connectivity index is 1.98. The van der Waals surface area contributed by atoms with Crippen molar-refractivity contribution in [1.29, 1.82) is 0 Å². The number of nitro benzene ring substituents is 1. The van der Waals surface area contributed by atoms with Gasteiger partial charge in [0.15, 0.2) is 0 Å². The van der Waals surface area contributed by atoms with E-state index in [1.54, 1.807) is 13.0 Å². The first kappa shape index (κ1) is 16.1. The van der Waals surface area contributed by atoms with E-state index in [4.69, 9.17) is 4.74 Å². The molecule has 0 unspecified atom stereocenters. The number of fused-ring (bicyclic) bond motifs is 1. The molecule has 2 aliphatic heterocycles. The maximum Gasteiger partial charge on any atom is 0.323 e. The third kappa shape index (κ3) is 2.52. The predicted octanol–water partition coefficient (Wildman–Crippen LogP) is 0.0596. The largest absolute Gasteiger partial charge is 0.465 e. The Kier molecular flexibility index (Phi) is 4.02. The summed E-state index contributed by atoms with van der Waals surface area (Å²) in [4.78, 5) is 46.7. The number of carbonyl (C=O) groups is 3. The second-order valence-electron chi connectivity index (χ2n) is 5.63. The molecule has 126 valence electrons. The molecular weight excluding hydrogens is 318 g/mol. The smallest absolute Gasteiger partial charge is 0.323 e. The zero-order valence-electron chi connectivity index (χ0n) is 12.7. The number of non-ortho nitro benzene ring substituents is 1. The van der Waals surface area contributed by atoms with Crippen LogP contribution in [0.2, 0.25) is 0 Å². The average molecular weight is 333 g/mol. The normalized spacial score (nSPS) is 28.4. The molecule has 2 amide bonds. The molecule has 9 nitrogen and oxygen atoms in total. The number of hydrogen-bond acceptors (Lipinski definition) is 7. The van der Waals surface area contributed by atoms with Crippen LogP contribution in [0, 0.1) is 22.0 Å². The second kappa shape index (κ2) is 6.00. The van der Waals surface area contributed by atoms with Crippen LogP contribution in [0.3, 0.4) is 0 Å². The lowest BCUT2D eigenvalue weighted by atomic mass is 9.86. The number of hydrogen-bond donors (Lipinski definition) is 2. The first-order chi connectivity index (χ1) is 11.4. The van der Waals surface area contributed by atoms with Gasteiger partial charge in [-0.3, -0.25) is 35.1 Å². The van der Waals surface area contributed by atoms with Gasteiger partial charge in [0.2, 0.25) is 11.8 Å². The molecule has 0 saturated carbocycles. The zero-order chi connectivity index (χ0) is 17.4. The van der Waals surface area contributed by atoms with Gasteiger partial charge in [-0.05, 0) is 12.5 Å². The lowest BCUT2D eigenvalue weighted by molar-refractivity contribution is -0.384. The van der Waals surface area contributed by atoms with Crippen molar-refractivity contribution in [2.24, 2.45) is 11.8 Å². The topological polar surface area (TPSA) is 128 Å². The maximum absolute atomic E-state index is 12.1. The summed E-state index contributed by atoms with van der Waals surface area (Å²) in [6.07, 6.45) is 0. The Hall–Kier alpha value is -2.81. The molecule has 2 heterocycles. The predicted molar refractivity (Wildman–Crippen MR) is 79.5 cm³/mol. The van der Waals surface area contributed by atoms with E-state index in [1.807, 2.05) is 0 Å². The van der Waals surface area contributed by atoms with E-state index in [0.29, 0.717) is 5.56 Å². The van der Waals surface area contributed by atoms with Crippen molar-refractivity contribution >= 4 is 23.5 Å². The molecule has 2 N–H and O–H groups in total. The SMILES string of the molecule is CCOC(=O)[C@H]1N[C@@H](c2cccc([N+](=O)[O-])c2)[C@H]2C(=O)NC(=O)[C@H]21. The number of esters is 1. The minimum Gasteiger partial charge on any atom is -0.465 e. The molecule has 0 bridgehead atoms. The number of rotatable bonds is 4. The molecule has 2 saturated heterocycles. The molecule has 0 aromatic heterocycles. The van der Waals surface area contributed by atoms with Gasteiger partial charge in [-0.1, -0.05) is 12.1 Å². The van der Waals surface area contributed by atoms with Crippen LogP contribution in [0.1, 0.15) is 18.5 Å². The Morgan fingerprint density at radius 3 is 2.67 bits per heavy atom. The molecule has 1 aromatic rings. The summed E-state index contributed by atoms with van der Waals surface area (Å²) in [6.45, 7) is 1.79. The second-order valence-corrected chi connectivity index (χ2v) is 5.63. The fraction of sp³-hybridized carbons (Fsp3) is 0.400. The fourth-order valence-electron chi connectivity index (χ4n) is 3.31. The molecule has 24 heavy (non-hydrogen) atoms. The van der Waals surface area contributed by atoms with Crippen LogP contribution in [-0.4, -0.2) is 35.4 Å². The quantitative estimate of drug-likeness (QED) is 0.345. The van der Waals surface area contributed by atoms with E-state index in [1.165, 1.54) is 18.2 Å². The molecule has 0 spiro atoms. The lowest BCUT2D eigenvalue weighted by Crippen LogP contribution is -2.42. The first-order valence-corrected chi connectivity index (χ1v) is 7.45. The van der Waals surface area contributed by atoms with E-state index < -0.39 is 46.6 Å². The molecule has 0 radical (unpaired) electrons. The number of nitro groups is 1. The molecule has 9 heteroatoms. The van der Waals surface area contributed by atoms with Crippen molar-refractivity contribution in [2.45, 2.75) is 19.0 Å². The molecule has 4 atom stereocenters. The van der Waals surface area contributed by atoms with Crippen molar-refractivity contribution in [3.63, 3.8) is 0 Å². The molecule has 0 aliphatic carbocycles. The minimum absolute atomic E-state index is 0.129. The van der Waals surface area contributed by atoms with Gasteiger partial charge in [0.1, 0.15) is 6.04 Å². The van der Waals surface area contributed by atoms with E-state index in [9.17, 15) is 24.5 Å². The van der Waals surface area contributed by atoms with Gasteiger partial charge in [-0.25, -0.2) is 0 Å². The van der Waals surface area contributed by atoms with Crippen LogP contribution in [0.5, 0.6) is 0 Å². The number of amides is 2. The van der Waals surface area contributed by atoms with Crippen LogP contribution >= 0.6 is 0 Å². The summed E-state index contributed by atoms with van der Waals surface area (Å²) in [5.74, 6) is -3.36. The summed E-state index contributed by atoms with van der Waals surface area (Å²) >= 11 is 0. The molecular formula is C15H15N3O6. The highest BCUT2D eigenvalue weighted by molar-refractivity contribution is 6.08. The van der Waals surface area contributed by atoms with E-state index in [-0.39, 0.29) is 12.3 Å². The van der Waals surface area contributed by atoms with Crippen LogP contribution in [0.25, 0.3) is 0 Å². The number of nitrogens with one attached hydrogen (secondary N) is 2. The summed E-state index contributed by atoms with van der Waals surface area (Å²) in [5, 5.41) is 16.1. The summed E-state index contributed by atoms with van der Waals surface area (Å²) in [6, 6.07) is 4.13. The summed E-state index contributed by atoms with van der Waals surface area (Å²) in [7, 11) is 0. The van der Waals surface area contributed by atoms with Crippen molar-refractivity contribution in [3.05, 3.63) is 39.9 Å². The van der Waals surface area contributed by atoms with Crippen LogP contribution in [0.15, 0.2) is 24.3 Å². The maximum atomic E-state index is 12.1. The standard InChI is InChI=1S/C15H15N3O6/c1-2-24-15(21)12-10-9(13(19)17-14(10)20)11(16-12)7-4-3-5-8(6-7)18(22)23/h3-6,9-12,16H,2H2,1H3,(H,17,19,20)/t9-,10+,11-,12-/m0/s1. The van der Waals surface area contributed by atoms with E-state index in [0.717, 1.165) is 0 Å². The third-order valence-corrected chi connectivity index (χ3v) is 4.30. The monoisotopic (exact) mass is 333 g/mol. The Labute approximate surface area is 136 Å². The number of carbonyl (C=O) groups excluding carboxylic acids is 3. The van der Waals surface area contributed by atoms with Gasteiger partial charge in [-0.15, -0.1) is 0 Å². The van der Waals surface area contributed by atoms with Crippen LogP contribution in [0.4, 0.5) is 5.69 Å². The van der Waals surface area contributed by atoms with Crippen LogP contribution in [-0.2, 0) is 19.1 Å². The highest BCUT2D eigenvalue weighted by Gasteiger charge is 2.58. The number of ether oxygens (including phenoxy) is 1. The van der Waals surface area contributed by atoms with Crippen molar-refractivity contribution in [1.82, 2.24) is 10.6 Å². The van der Waals surface area contributed by atoms with E-state index in [2.05, 4.69) is 10.6 Å². The summed E-state index contributed by atoms with van der Waals surface area (Å²) in [5.41, 5.74) is 0.339. The van der Waals surface area contributed by atoms with Gasteiger partial charge in [0.05, 0.1) is 23.4 Å². The fourth-order valence-corrected chi connectivity index (χ4v) is 3.31. The Morgan fingerprint density at radius 1 is 1.29 bits per heavy atom. The summed E-state index contributed by atoms with van der Waals surface area (Å²) < 4.78 is 4.96. The minimum atomic E-state index is -0.967. The van der Waals surface area contributed by atoms with Gasteiger partial charge < -0.3 is 4.74 Å². The van der Waals surface area contributed by atoms with Gasteiger partial charge in [0.25, 0.3) is 5.69 Å². The molecule has 1 aromatic carbocycles. The highest BCUT2D eigenvalue weighted by atomic mass is 16.6. The van der Waals surface area contributed by atoms with Crippen molar-refractivity contribution in [3.8, 4) is 0 Å². The highest BCUT2D eigenvalue weighted by Crippen LogP contribution is 2.41. The van der Waals surface area contributed by atoms with Crippen molar-refractivity contribution in [2.75, 3.05) is 6.61 Å². The average Bonchev–Trinajstić information content (AvgIpc) is 3.07. The van der Waals surface area contributed by atoms with Gasteiger partial charge >= 0.3 is 5.97 Å². The van der Waals surface area contributed by atoms with Gasteiger partial charge in [-0.2, -0.15) is 0 Å². The molecule has 2 aliphatic rings. The lowest BCUT2D eigenvalue weighted by Gasteiger charge is -2.17. The van der Waals surface area contributed by atoms with Crippen LogP contribution < -0.4 is 10.6 Å². The number of nitrogens with zero attached hydrogens (tertiary/aromatic N) is 1. The van der Waals surface area contributed by atoms with Gasteiger partial charge in [0, 0.05) is 18.2 Å². The van der Waals surface area contributed by atoms with E-state index >= 15 is 0 Å².